The molecule has 0 fully saturated rings. The van der Waals surface area contributed by atoms with E-state index in [-0.39, 0.29) is 17.2 Å². The molecule has 0 aliphatic carbocycles. The molecule has 2 aromatic carbocycles. The molecule has 1 heterocycles. The van der Waals surface area contributed by atoms with E-state index in [1.165, 1.54) is 25.3 Å². The van der Waals surface area contributed by atoms with Crippen LogP contribution < -0.4 is 19.5 Å². The highest BCUT2D eigenvalue weighted by molar-refractivity contribution is 6.03. The largest absolute Gasteiger partial charge is 0.497 e. The maximum atomic E-state index is 12.4. The Kier molecular flexibility index (Phi) is 5.73. The first-order chi connectivity index (χ1) is 13.5. The minimum atomic E-state index is -2.98. The Morgan fingerprint density at radius 1 is 1.07 bits per heavy atom. The van der Waals surface area contributed by atoms with Gasteiger partial charge >= 0.3 is 6.61 Å². The second-order valence-corrected chi connectivity index (χ2v) is 5.60. The fraction of sp³-hybridized carbons (Fsp3) is 0.158. The van der Waals surface area contributed by atoms with Gasteiger partial charge in [0, 0.05) is 17.3 Å². The minimum Gasteiger partial charge on any atom is -0.497 e. The number of aromatic nitrogens is 2. The number of aromatic amines is 1. The SMILES string of the molecule is COc1cccc(-c2cc(C(=O)Nc3ccc(OC(F)F)c(OC)c3)[nH]n2)c1. The highest BCUT2D eigenvalue weighted by Gasteiger charge is 2.15. The van der Waals surface area contributed by atoms with Gasteiger partial charge in [0.15, 0.2) is 11.5 Å². The van der Waals surface area contributed by atoms with Crippen LogP contribution in [0.3, 0.4) is 0 Å². The Balaban J connectivity index is 1.75. The lowest BCUT2D eigenvalue weighted by atomic mass is 10.1. The molecule has 2 N–H and O–H groups in total. The third-order valence-corrected chi connectivity index (χ3v) is 3.83. The maximum absolute atomic E-state index is 12.4. The second kappa shape index (κ2) is 8.38. The number of carbonyl (C=O) groups is 1. The summed E-state index contributed by atoms with van der Waals surface area (Å²) in [5.41, 5.74) is 1.93. The van der Waals surface area contributed by atoms with Crippen molar-refractivity contribution in [3.05, 3.63) is 54.2 Å². The Labute approximate surface area is 159 Å². The lowest BCUT2D eigenvalue weighted by Gasteiger charge is -2.11. The van der Waals surface area contributed by atoms with Crippen LogP contribution in [0.1, 0.15) is 10.5 Å². The van der Waals surface area contributed by atoms with E-state index in [4.69, 9.17) is 9.47 Å². The van der Waals surface area contributed by atoms with Crippen molar-refractivity contribution in [1.29, 1.82) is 0 Å². The number of nitrogens with zero attached hydrogens (tertiary/aromatic N) is 1. The van der Waals surface area contributed by atoms with Crippen LogP contribution >= 0.6 is 0 Å². The quantitative estimate of drug-likeness (QED) is 0.639. The van der Waals surface area contributed by atoms with Gasteiger partial charge in [-0.1, -0.05) is 12.1 Å². The zero-order chi connectivity index (χ0) is 20.1. The Morgan fingerprint density at radius 3 is 2.61 bits per heavy atom. The molecule has 0 bridgehead atoms. The summed E-state index contributed by atoms with van der Waals surface area (Å²) >= 11 is 0. The highest BCUT2D eigenvalue weighted by atomic mass is 19.3. The number of rotatable bonds is 7. The standard InChI is InChI=1S/C19H17F2N3O4/c1-26-13-5-3-4-11(8-13)14-10-15(24-23-14)18(25)22-12-6-7-16(28-19(20)21)17(9-12)27-2/h3-10,19H,1-2H3,(H,22,25)(H,23,24). The summed E-state index contributed by atoms with van der Waals surface area (Å²) < 4.78 is 39.3. The van der Waals surface area contributed by atoms with Crippen LogP contribution in [0.5, 0.6) is 17.2 Å². The molecule has 0 aliphatic heterocycles. The summed E-state index contributed by atoms with van der Waals surface area (Å²) in [6.45, 7) is -2.98. The van der Waals surface area contributed by atoms with Crippen LogP contribution in [-0.4, -0.2) is 36.9 Å². The summed E-state index contributed by atoms with van der Waals surface area (Å²) in [6, 6.07) is 12.9. The lowest BCUT2D eigenvalue weighted by molar-refractivity contribution is -0.0512. The number of methoxy groups -OCH3 is 2. The zero-order valence-corrected chi connectivity index (χ0v) is 15.0. The van der Waals surface area contributed by atoms with Gasteiger partial charge in [-0.2, -0.15) is 13.9 Å². The molecule has 0 radical (unpaired) electrons. The number of hydrogen-bond donors (Lipinski definition) is 2. The van der Waals surface area contributed by atoms with E-state index in [9.17, 15) is 13.6 Å². The topological polar surface area (TPSA) is 85.5 Å². The van der Waals surface area contributed by atoms with Gasteiger partial charge in [0.1, 0.15) is 11.4 Å². The van der Waals surface area contributed by atoms with Crippen molar-refractivity contribution in [1.82, 2.24) is 10.2 Å². The van der Waals surface area contributed by atoms with E-state index in [0.29, 0.717) is 17.1 Å². The molecule has 146 valence electrons. The highest BCUT2D eigenvalue weighted by Crippen LogP contribution is 2.31. The van der Waals surface area contributed by atoms with Gasteiger partial charge in [0.05, 0.1) is 19.9 Å². The van der Waals surface area contributed by atoms with E-state index in [1.54, 1.807) is 25.3 Å². The number of amides is 1. The average Bonchev–Trinajstić information content (AvgIpc) is 3.19. The molecule has 0 saturated heterocycles. The number of hydrogen-bond acceptors (Lipinski definition) is 5. The van der Waals surface area contributed by atoms with Crippen molar-refractivity contribution in [3.8, 4) is 28.5 Å². The maximum Gasteiger partial charge on any atom is 0.387 e. The van der Waals surface area contributed by atoms with Gasteiger partial charge in [-0.25, -0.2) is 0 Å². The van der Waals surface area contributed by atoms with Gasteiger partial charge < -0.3 is 19.5 Å². The molecule has 3 rings (SSSR count). The van der Waals surface area contributed by atoms with Crippen molar-refractivity contribution in [3.63, 3.8) is 0 Å². The molecule has 0 aliphatic rings. The fourth-order valence-electron chi connectivity index (χ4n) is 2.51. The van der Waals surface area contributed by atoms with Gasteiger partial charge in [-0.05, 0) is 30.3 Å². The molecular weight excluding hydrogens is 372 g/mol. The van der Waals surface area contributed by atoms with Crippen LogP contribution in [0.25, 0.3) is 11.3 Å². The van der Waals surface area contributed by atoms with Crippen molar-refractivity contribution in [2.75, 3.05) is 19.5 Å². The summed E-state index contributed by atoms with van der Waals surface area (Å²) in [6.07, 6.45) is 0. The van der Waals surface area contributed by atoms with Gasteiger partial charge in [-0.15, -0.1) is 0 Å². The normalized spacial score (nSPS) is 10.6. The first-order valence-electron chi connectivity index (χ1n) is 8.14. The molecule has 1 amide bonds. The predicted octanol–water partition coefficient (Wildman–Crippen LogP) is 3.95. The van der Waals surface area contributed by atoms with Crippen LogP contribution in [0.4, 0.5) is 14.5 Å². The number of nitrogens with one attached hydrogen (secondary N) is 2. The molecular formula is C19H17F2N3O4. The predicted molar refractivity (Wildman–Crippen MR) is 98.2 cm³/mol. The van der Waals surface area contributed by atoms with Crippen molar-refractivity contribution >= 4 is 11.6 Å². The number of H-pyrrole nitrogens is 1. The van der Waals surface area contributed by atoms with Gasteiger partial charge in [0.25, 0.3) is 5.91 Å². The molecule has 3 aromatic rings. The molecule has 9 heteroatoms. The number of benzene rings is 2. The summed E-state index contributed by atoms with van der Waals surface area (Å²) in [7, 11) is 2.88. The van der Waals surface area contributed by atoms with Crippen molar-refractivity contribution < 1.29 is 27.8 Å². The zero-order valence-electron chi connectivity index (χ0n) is 15.0. The first kappa shape index (κ1) is 19.2. The molecule has 0 saturated carbocycles. The molecule has 0 spiro atoms. The number of ether oxygens (including phenoxy) is 3. The van der Waals surface area contributed by atoms with E-state index in [1.807, 2.05) is 12.1 Å². The summed E-state index contributed by atoms with van der Waals surface area (Å²) in [5.74, 6) is 0.160. The third kappa shape index (κ3) is 4.37. The van der Waals surface area contributed by atoms with E-state index < -0.39 is 12.5 Å². The average molecular weight is 389 g/mol. The number of carbonyl (C=O) groups excluding carboxylic acids is 1. The van der Waals surface area contributed by atoms with Crippen molar-refractivity contribution in [2.24, 2.45) is 0 Å². The number of halogens is 2. The van der Waals surface area contributed by atoms with Crippen LogP contribution in [-0.2, 0) is 0 Å². The summed E-state index contributed by atoms with van der Waals surface area (Å²) in [5, 5.41) is 9.45. The van der Waals surface area contributed by atoms with E-state index >= 15 is 0 Å². The fourth-order valence-corrected chi connectivity index (χ4v) is 2.51. The van der Waals surface area contributed by atoms with E-state index in [0.717, 1.165) is 5.56 Å². The van der Waals surface area contributed by atoms with Crippen LogP contribution in [0.2, 0.25) is 0 Å². The molecule has 1 aromatic heterocycles. The molecule has 0 unspecified atom stereocenters. The summed E-state index contributed by atoms with van der Waals surface area (Å²) in [4.78, 5) is 12.4. The Morgan fingerprint density at radius 2 is 1.89 bits per heavy atom. The van der Waals surface area contributed by atoms with Gasteiger partial charge in [0.2, 0.25) is 0 Å². The monoisotopic (exact) mass is 389 g/mol. The Hall–Kier alpha value is -3.62. The third-order valence-electron chi connectivity index (χ3n) is 3.83. The van der Waals surface area contributed by atoms with Crippen LogP contribution in [0, 0.1) is 0 Å². The Bertz CT molecular complexity index is 975. The van der Waals surface area contributed by atoms with E-state index in [2.05, 4.69) is 20.3 Å². The second-order valence-electron chi connectivity index (χ2n) is 5.60. The van der Waals surface area contributed by atoms with Crippen LogP contribution in [0.15, 0.2) is 48.5 Å². The lowest BCUT2D eigenvalue weighted by Crippen LogP contribution is -2.12. The smallest absolute Gasteiger partial charge is 0.387 e. The first-order valence-corrected chi connectivity index (χ1v) is 8.14. The molecule has 0 atom stereocenters. The number of alkyl halides is 2. The van der Waals surface area contributed by atoms with Gasteiger partial charge in [-0.3, -0.25) is 9.89 Å². The van der Waals surface area contributed by atoms with Crippen molar-refractivity contribution in [2.45, 2.75) is 6.61 Å². The molecule has 7 nitrogen and oxygen atoms in total. The minimum absolute atomic E-state index is 0.0692. The number of anilines is 1. The molecule has 28 heavy (non-hydrogen) atoms.